The van der Waals surface area contributed by atoms with Crippen molar-refractivity contribution in [2.24, 2.45) is 0 Å². The average Bonchev–Trinajstić information content (AvgIpc) is 3.04. The first-order valence-corrected chi connectivity index (χ1v) is 7.77. The molecule has 0 aliphatic carbocycles. The topological polar surface area (TPSA) is 35.6 Å². The Balaban J connectivity index is 1.96. The molecule has 0 saturated heterocycles. The molecule has 4 nitrogen and oxygen atoms in total. The molecule has 0 atom stereocenters. The van der Waals surface area contributed by atoms with E-state index < -0.39 is 0 Å². The standard InChI is InChI=1S/C14H14BrClN4/c15-11-1-2-12-13(9-11)20(14(18-12)3-4-16)8-7-19-6-5-17-10-19/h1-2,5-6,9-10H,3-4,7-8H2. The summed E-state index contributed by atoms with van der Waals surface area (Å²) in [6, 6.07) is 6.15. The van der Waals surface area contributed by atoms with Crippen molar-refractivity contribution in [2.45, 2.75) is 19.5 Å². The van der Waals surface area contributed by atoms with Gasteiger partial charge in [-0.1, -0.05) is 15.9 Å². The van der Waals surface area contributed by atoms with Gasteiger partial charge in [-0.15, -0.1) is 11.6 Å². The fourth-order valence-electron chi connectivity index (χ4n) is 2.31. The van der Waals surface area contributed by atoms with Crippen LogP contribution in [0.15, 0.2) is 41.4 Å². The van der Waals surface area contributed by atoms with Crippen LogP contribution in [-0.2, 0) is 19.5 Å². The van der Waals surface area contributed by atoms with Crippen LogP contribution in [-0.4, -0.2) is 25.0 Å². The Morgan fingerprint density at radius 1 is 1.25 bits per heavy atom. The zero-order valence-corrected chi connectivity index (χ0v) is 13.2. The lowest BCUT2D eigenvalue weighted by Gasteiger charge is -2.09. The van der Waals surface area contributed by atoms with Crippen molar-refractivity contribution >= 4 is 38.6 Å². The molecule has 0 amide bonds. The molecule has 0 fully saturated rings. The number of alkyl halides is 1. The maximum atomic E-state index is 5.89. The van der Waals surface area contributed by atoms with Crippen LogP contribution >= 0.6 is 27.5 Å². The third-order valence-corrected chi connectivity index (χ3v) is 3.93. The summed E-state index contributed by atoms with van der Waals surface area (Å²) in [5.41, 5.74) is 2.15. The number of aromatic nitrogens is 4. The monoisotopic (exact) mass is 352 g/mol. The van der Waals surface area contributed by atoms with Crippen molar-refractivity contribution < 1.29 is 0 Å². The van der Waals surface area contributed by atoms with Gasteiger partial charge >= 0.3 is 0 Å². The van der Waals surface area contributed by atoms with E-state index in [4.69, 9.17) is 11.6 Å². The molecule has 20 heavy (non-hydrogen) atoms. The third kappa shape index (κ3) is 2.74. The van der Waals surface area contributed by atoms with E-state index in [1.807, 2.05) is 24.7 Å². The number of benzene rings is 1. The summed E-state index contributed by atoms with van der Waals surface area (Å²) in [4.78, 5) is 8.74. The van der Waals surface area contributed by atoms with Crippen LogP contribution in [0.5, 0.6) is 0 Å². The van der Waals surface area contributed by atoms with Gasteiger partial charge in [-0.05, 0) is 18.2 Å². The molecular formula is C14H14BrClN4. The zero-order chi connectivity index (χ0) is 13.9. The average molecular weight is 354 g/mol. The molecule has 0 N–H and O–H groups in total. The van der Waals surface area contributed by atoms with Gasteiger partial charge in [0.1, 0.15) is 5.82 Å². The van der Waals surface area contributed by atoms with E-state index in [1.165, 1.54) is 0 Å². The highest BCUT2D eigenvalue weighted by Gasteiger charge is 2.10. The van der Waals surface area contributed by atoms with Crippen molar-refractivity contribution in [3.8, 4) is 0 Å². The zero-order valence-electron chi connectivity index (χ0n) is 10.8. The number of aryl methyl sites for hydroxylation is 3. The van der Waals surface area contributed by atoms with Crippen molar-refractivity contribution in [1.29, 1.82) is 0 Å². The molecule has 0 bridgehead atoms. The van der Waals surface area contributed by atoms with Crippen LogP contribution in [0.4, 0.5) is 0 Å². The second kappa shape index (κ2) is 5.97. The van der Waals surface area contributed by atoms with Gasteiger partial charge in [0.2, 0.25) is 0 Å². The van der Waals surface area contributed by atoms with E-state index in [9.17, 15) is 0 Å². The summed E-state index contributed by atoms with van der Waals surface area (Å²) in [5, 5.41) is 0. The molecule has 3 rings (SSSR count). The van der Waals surface area contributed by atoms with Crippen LogP contribution in [0.2, 0.25) is 0 Å². The predicted octanol–water partition coefficient (Wildman–Crippen LogP) is 3.48. The highest BCUT2D eigenvalue weighted by atomic mass is 79.9. The minimum Gasteiger partial charge on any atom is -0.336 e. The van der Waals surface area contributed by atoms with Crippen LogP contribution in [0.25, 0.3) is 11.0 Å². The summed E-state index contributed by atoms with van der Waals surface area (Å²) in [5.74, 6) is 1.61. The number of fused-ring (bicyclic) bond motifs is 1. The smallest absolute Gasteiger partial charge is 0.111 e. The fraction of sp³-hybridized carbons (Fsp3) is 0.286. The summed E-state index contributed by atoms with van der Waals surface area (Å²) in [7, 11) is 0. The van der Waals surface area contributed by atoms with E-state index in [-0.39, 0.29) is 0 Å². The molecular weight excluding hydrogens is 340 g/mol. The first kappa shape index (κ1) is 13.6. The lowest BCUT2D eigenvalue weighted by Crippen LogP contribution is -2.10. The summed E-state index contributed by atoms with van der Waals surface area (Å²) >= 11 is 9.41. The van der Waals surface area contributed by atoms with E-state index >= 15 is 0 Å². The van der Waals surface area contributed by atoms with Gasteiger partial charge in [-0.25, -0.2) is 9.97 Å². The number of hydrogen-bond acceptors (Lipinski definition) is 2. The number of rotatable bonds is 5. The van der Waals surface area contributed by atoms with Gasteiger partial charge < -0.3 is 9.13 Å². The van der Waals surface area contributed by atoms with Gasteiger partial charge in [0, 0.05) is 42.3 Å². The molecule has 2 aromatic heterocycles. The largest absolute Gasteiger partial charge is 0.336 e. The molecule has 0 aliphatic rings. The predicted molar refractivity (Wildman–Crippen MR) is 84.1 cm³/mol. The third-order valence-electron chi connectivity index (χ3n) is 3.25. The molecule has 3 aromatic rings. The van der Waals surface area contributed by atoms with Crippen LogP contribution in [0, 0.1) is 0 Å². The van der Waals surface area contributed by atoms with Crippen LogP contribution in [0.1, 0.15) is 5.82 Å². The van der Waals surface area contributed by atoms with Gasteiger partial charge in [0.15, 0.2) is 0 Å². The summed E-state index contributed by atoms with van der Waals surface area (Å²) < 4.78 is 5.36. The second-order valence-corrected chi connectivity index (χ2v) is 5.85. The van der Waals surface area contributed by atoms with E-state index in [0.717, 1.165) is 40.8 Å². The molecule has 104 valence electrons. The van der Waals surface area contributed by atoms with Gasteiger partial charge in [-0.3, -0.25) is 0 Å². The van der Waals surface area contributed by atoms with E-state index in [0.29, 0.717) is 5.88 Å². The molecule has 0 aliphatic heterocycles. The number of halogens is 2. The van der Waals surface area contributed by atoms with Gasteiger partial charge in [-0.2, -0.15) is 0 Å². The Hall–Kier alpha value is -1.33. The first-order valence-electron chi connectivity index (χ1n) is 6.44. The Bertz CT molecular complexity index is 705. The normalized spacial score (nSPS) is 11.3. The summed E-state index contributed by atoms with van der Waals surface area (Å²) in [6.07, 6.45) is 6.37. The Morgan fingerprint density at radius 2 is 2.15 bits per heavy atom. The Kier molecular flexibility index (Phi) is 4.08. The maximum Gasteiger partial charge on any atom is 0.111 e. The summed E-state index contributed by atoms with van der Waals surface area (Å²) in [6.45, 7) is 1.72. The lowest BCUT2D eigenvalue weighted by atomic mass is 10.3. The van der Waals surface area contributed by atoms with E-state index in [1.54, 1.807) is 6.20 Å². The minimum absolute atomic E-state index is 0.579. The molecule has 6 heteroatoms. The lowest BCUT2D eigenvalue weighted by molar-refractivity contribution is 0.572. The highest BCUT2D eigenvalue weighted by Crippen LogP contribution is 2.21. The fourth-order valence-corrected chi connectivity index (χ4v) is 2.82. The highest BCUT2D eigenvalue weighted by molar-refractivity contribution is 9.10. The SMILES string of the molecule is ClCCc1nc2ccc(Br)cc2n1CCn1ccnc1. The molecule has 0 saturated carbocycles. The number of imidazole rings is 2. The molecule has 0 radical (unpaired) electrons. The minimum atomic E-state index is 0.579. The van der Waals surface area contributed by atoms with Crippen LogP contribution < -0.4 is 0 Å². The number of nitrogens with zero attached hydrogens (tertiary/aromatic N) is 4. The number of hydrogen-bond donors (Lipinski definition) is 0. The molecule has 1 aromatic carbocycles. The Labute approximate surface area is 130 Å². The van der Waals surface area contributed by atoms with Crippen LogP contribution in [0.3, 0.4) is 0 Å². The van der Waals surface area contributed by atoms with Gasteiger partial charge in [0.25, 0.3) is 0 Å². The quantitative estimate of drug-likeness (QED) is 0.658. The maximum absolute atomic E-state index is 5.89. The molecule has 0 unspecified atom stereocenters. The second-order valence-electron chi connectivity index (χ2n) is 4.55. The van der Waals surface area contributed by atoms with Crippen molar-refractivity contribution in [1.82, 2.24) is 19.1 Å². The first-order chi connectivity index (χ1) is 9.78. The van der Waals surface area contributed by atoms with E-state index in [2.05, 4.69) is 41.1 Å². The van der Waals surface area contributed by atoms with Crippen molar-refractivity contribution in [2.75, 3.05) is 5.88 Å². The Morgan fingerprint density at radius 3 is 2.90 bits per heavy atom. The molecule has 0 spiro atoms. The van der Waals surface area contributed by atoms with Gasteiger partial charge in [0.05, 0.1) is 17.4 Å². The molecule has 2 heterocycles. The van der Waals surface area contributed by atoms with Crippen molar-refractivity contribution in [3.05, 3.63) is 47.2 Å². The van der Waals surface area contributed by atoms with Crippen molar-refractivity contribution in [3.63, 3.8) is 0 Å².